The van der Waals surface area contributed by atoms with Crippen LogP contribution in [0.3, 0.4) is 0 Å². The fraction of sp³-hybridized carbons (Fsp3) is 0.286. The first-order chi connectivity index (χ1) is 9.72. The zero-order valence-electron chi connectivity index (χ0n) is 11.0. The van der Waals surface area contributed by atoms with Crippen LogP contribution in [-0.2, 0) is 0 Å². The third kappa shape index (κ3) is 2.64. The van der Waals surface area contributed by atoms with Crippen LogP contribution in [0.15, 0.2) is 36.5 Å². The summed E-state index contributed by atoms with van der Waals surface area (Å²) in [4.78, 5) is 12.4. The summed E-state index contributed by atoms with van der Waals surface area (Å²) in [6, 6.07) is 8.56. The Labute approximate surface area is 116 Å². The van der Waals surface area contributed by atoms with E-state index in [9.17, 15) is 4.39 Å². The van der Waals surface area contributed by atoms with Gasteiger partial charge in [-0.25, -0.2) is 9.37 Å². The smallest absolute Gasteiger partial charge is 0.221 e. The van der Waals surface area contributed by atoms with Gasteiger partial charge in [0.05, 0.1) is 0 Å². The number of nitrogen functional groups attached to an aromatic ring is 1. The molecule has 0 atom stereocenters. The number of nitrogens with zero attached hydrogens (tertiary/aromatic N) is 4. The first-order valence-corrected chi connectivity index (χ1v) is 6.56. The average molecular weight is 273 g/mol. The SMILES string of the molecule is Nc1nccc(N2CCN(c3cccc(F)c3)CC2)n1. The highest BCUT2D eigenvalue weighted by Gasteiger charge is 2.18. The van der Waals surface area contributed by atoms with Crippen molar-refractivity contribution in [2.24, 2.45) is 0 Å². The lowest BCUT2D eigenvalue weighted by Gasteiger charge is -2.36. The van der Waals surface area contributed by atoms with Gasteiger partial charge in [-0.3, -0.25) is 0 Å². The summed E-state index contributed by atoms with van der Waals surface area (Å²) in [6.07, 6.45) is 1.66. The number of halogens is 1. The van der Waals surface area contributed by atoms with Crippen molar-refractivity contribution in [1.29, 1.82) is 0 Å². The number of piperazine rings is 1. The van der Waals surface area contributed by atoms with E-state index >= 15 is 0 Å². The van der Waals surface area contributed by atoms with Gasteiger partial charge in [0, 0.05) is 38.1 Å². The molecule has 0 amide bonds. The second kappa shape index (κ2) is 5.32. The lowest BCUT2D eigenvalue weighted by Crippen LogP contribution is -2.46. The maximum Gasteiger partial charge on any atom is 0.221 e. The van der Waals surface area contributed by atoms with Crippen molar-refractivity contribution < 1.29 is 4.39 Å². The summed E-state index contributed by atoms with van der Waals surface area (Å²) in [7, 11) is 0. The molecule has 104 valence electrons. The number of hydrogen-bond donors (Lipinski definition) is 1. The Hall–Kier alpha value is -2.37. The Bertz CT molecular complexity index is 542. The summed E-state index contributed by atoms with van der Waals surface area (Å²) >= 11 is 0. The molecule has 1 aromatic heterocycles. The van der Waals surface area contributed by atoms with Crippen molar-refractivity contribution in [2.45, 2.75) is 0 Å². The van der Waals surface area contributed by atoms with Crippen LogP contribution >= 0.6 is 0 Å². The maximum absolute atomic E-state index is 13.2. The molecule has 0 radical (unpaired) electrons. The molecule has 0 saturated carbocycles. The van der Waals surface area contributed by atoms with Gasteiger partial charge in [-0.15, -0.1) is 0 Å². The molecule has 1 aliphatic rings. The molecule has 1 aliphatic heterocycles. The molecule has 0 unspecified atom stereocenters. The van der Waals surface area contributed by atoms with Crippen LogP contribution in [0.5, 0.6) is 0 Å². The molecule has 0 bridgehead atoms. The van der Waals surface area contributed by atoms with Crippen LogP contribution in [0.2, 0.25) is 0 Å². The minimum atomic E-state index is -0.200. The Kier molecular flexibility index (Phi) is 3.37. The van der Waals surface area contributed by atoms with Crippen molar-refractivity contribution in [3.8, 4) is 0 Å². The number of nitrogens with two attached hydrogens (primary N) is 1. The quantitative estimate of drug-likeness (QED) is 0.899. The van der Waals surface area contributed by atoms with Crippen LogP contribution in [0.25, 0.3) is 0 Å². The van der Waals surface area contributed by atoms with Gasteiger partial charge in [-0.2, -0.15) is 4.98 Å². The van der Waals surface area contributed by atoms with Crippen LogP contribution in [0.4, 0.5) is 21.8 Å². The average Bonchev–Trinajstić information content (AvgIpc) is 2.47. The normalized spacial score (nSPS) is 15.4. The number of anilines is 3. The zero-order chi connectivity index (χ0) is 13.9. The highest BCUT2D eigenvalue weighted by molar-refractivity contribution is 5.49. The van der Waals surface area contributed by atoms with Gasteiger partial charge in [0.15, 0.2) is 0 Å². The number of aromatic nitrogens is 2. The molecule has 1 aromatic carbocycles. The van der Waals surface area contributed by atoms with Gasteiger partial charge < -0.3 is 15.5 Å². The molecule has 2 heterocycles. The van der Waals surface area contributed by atoms with E-state index in [0.29, 0.717) is 0 Å². The fourth-order valence-electron chi connectivity index (χ4n) is 2.41. The molecule has 1 saturated heterocycles. The van der Waals surface area contributed by atoms with Gasteiger partial charge in [0.25, 0.3) is 0 Å². The van der Waals surface area contributed by atoms with Gasteiger partial charge >= 0.3 is 0 Å². The highest BCUT2D eigenvalue weighted by atomic mass is 19.1. The molecule has 3 rings (SSSR count). The molecule has 2 aromatic rings. The monoisotopic (exact) mass is 273 g/mol. The van der Waals surface area contributed by atoms with Crippen LogP contribution in [0.1, 0.15) is 0 Å². The fourth-order valence-corrected chi connectivity index (χ4v) is 2.41. The van der Waals surface area contributed by atoms with Crippen molar-refractivity contribution >= 4 is 17.5 Å². The van der Waals surface area contributed by atoms with E-state index in [-0.39, 0.29) is 11.8 Å². The van der Waals surface area contributed by atoms with Crippen molar-refractivity contribution in [2.75, 3.05) is 41.7 Å². The molecule has 20 heavy (non-hydrogen) atoms. The molecule has 5 nitrogen and oxygen atoms in total. The zero-order valence-corrected chi connectivity index (χ0v) is 11.0. The Morgan fingerprint density at radius 2 is 1.80 bits per heavy atom. The Morgan fingerprint density at radius 3 is 2.50 bits per heavy atom. The number of rotatable bonds is 2. The van der Waals surface area contributed by atoms with Crippen LogP contribution < -0.4 is 15.5 Å². The third-order valence-corrected chi connectivity index (χ3v) is 3.44. The first-order valence-electron chi connectivity index (χ1n) is 6.56. The molecular weight excluding hydrogens is 257 g/mol. The lowest BCUT2D eigenvalue weighted by molar-refractivity contribution is 0.619. The van der Waals surface area contributed by atoms with Crippen LogP contribution in [0, 0.1) is 5.82 Å². The molecule has 6 heteroatoms. The van der Waals surface area contributed by atoms with Crippen molar-refractivity contribution in [3.05, 3.63) is 42.3 Å². The van der Waals surface area contributed by atoms with E-state index in [1.807, 2.05) is 12.1 Å². The lowest BCUT2D eigenvalue weighted by atomic mass is 10.2. The molecule has 2 N–H and O–H groups in total. The van der Waals surface area contributed by atoms with Gasteiger partial charge in [0.1, 0.15) is 11.6 Å². The molecular formula is C14H16FN5. The summed E-state index contributed by atoms with van der Waals surface area (Å²) < 4.78 is 13.2. The summed E-state index contributed by atoms with van der Waals surface area (Å²) in [6.45, 7) is 3.31. The topological polar surface area (TPSA) is 58.3 Å². The van der Waals surface area contributed by atoms with Crippen molar-refractivity contribution in [1.82, 2.24) is 9.97 Å². The van der Waals surface area contributed by atoms with E-state index in [1.165, 1.54) is 6.07 Å². The number of benzene rings is 1. The second-order valence-corrected chi connectivity index (χ2v) is 4.73. The Balaban J connectivity index is 1.68. The molecule has 0 aliphatic carbocycles. The predicted octanol–water partition coefficient (Wildman–Crippen LogP) is 1.52. The van der Waals surface area contributed by atoms with E-state index in [0.717, 1.165) is 37.7 Å². The van der Waals surface area contributed by atoms with E-state index in [2.05, 4.69) is 19.8 Å². The molecule has 0 spiro atoms. The van der Waals surface area contributed by atoms with Gasteiger partial charge in [-0.05, 0) is 24.3 Å². The van der Waals surface area contributed by atoms with Crippen LogP contribution in [-0.4, -0.2) is 36.1 Å². The Morgan fingerprint density at radius 1 is 1.05 bits per heavy atom. The minimum absolute atomic E-state index is 0.200. The summed E-state index contributed by atoms with van der Waals surface area (Å²) in [5, 5.41) is 0. The van der Waals surface area contributed by atoms with Gasteiger partial charge in [-0.1, -0.05) is 6.07 Å². The minimum Gasteiger partial charge on any atom is -0.368 e. The molecule has 1 fully saturated rings. The maximum atomic E-state index is 13.2. The second-order valence-electron chi connectivity index (χ2n) is 4.73. The van der Waals surface area contributed by atoms with E-state index < -0.39 is 0 Å². The first kappa shape index (κ1) is 12.7. The standard InChI is InChI=1S/C14H16FN5/c15-11-2-1-3-12(10-11)19-6-8-20(9-7-19)13-4-5-17-14(16)18-13/h1-5,10H,6-9H2,(H2,16,17,18). The number of hydrogen-bond acceptors (Lipinski definition) is 5. The van der Waals surface area contributed by atoms with Gasteiger partial charge in [0.2, 0.25) is 5.95 Å². The van der Waals surface area contributed by atoms with E-state index in [1.54, 1.807) is 18.3 Å². The summed E-state index contributed by atoms with van der Waals surface area (Å²) in [5.74, 6) is 0.931. The summed E-state index contributed by atoms with van der Waals surface area (Å²) in [5.41, 5.74) is 6.52. The largest absolute Gasteiger partial charge is 0.368 e. The highest BCUT2D eigenvalue weighted by Crippen LogP contribution is 2.20. The predicted molar refractivity (Wildman–Crippen MR) is 77.3 cm³/mol. The van der Waals surface area contributed by atoms with E-state index in [4.69, 9.17) is 5.73 Å². The third-order valence-electron chi connectivity index (χ3n) is 3.44. The van der Waals surface area contributed by atoms with Crippen molar-refractivity contribution in [3.63, 3.8) is 0 Å².